The summed E-state index contributed by atoms with van der Waals surface area (Å²) in [5.74, 6) is 2.70. The first kappa shape index (κ1) is 9.92. The zero-order valence-corrected chi connectivity index (χ0v) is 9.11. The highest BCUT2D eigenvalue weighted by atomic mass is 15.2. The van der Waals surface area contributed by atoms with Crippen LogP contribution in [-0.4, -0.2) is 26.7 Å². The molecule has 0 saturated carbocycles. The summed E-state index contributed by atoms with van der Waals surface area (Å²) >= 11 is 0. The molecule has 1 aliphatic heterocycles. The number of hydrogen-bond acceptors (Lipinski definition) is 2. The molecule has 1 aromatic carbocycles. The molecule has 2 nitrogen and oxygen atoms in total. The van der Waals surface area contributed by atoms with Gasteiger partial charge >= 0.3 is 0 Å². The van der Waals surface area contributed by atoms with Crippen molar-refractivity contribution in [2.45, 2.75) is 6.42 Å². The molecule has 2 heteroatoms. The van der Waals surface area contributed by atoms with Crippen LogP contribution < -0.4 is 9.80 Å². The zero-order chi connectivity index (χ0) is 10.7. The highest BCUT2D eigenvalue weighted by molar-refractivity contribution is 5.73. The minimum Gasteiger partial charge on any atom is -0.371 e. The highest BCUT2D eigenvalue weighted by Gasteiger charge is 2.18. The van der Waals surface area contributed by atoms with Gasteiger partial charge in [-0.25, -0.2) is 0 Å². The SMILES string of the molecule is C#CCCN1CCN(C)c2ccccc21. The molecule has 0 saturated heterocycles. The molecule has 0 fully saturated rings. The van der Waals surface area contributed by atoms with E-state index in [0.29, 0.717) is 0 Å². The predicted octanol–water partition coefficient (Wildman–Crippen LogP) is 1.97. The molecule has 2 rings (SSSR count). The average molecular weight is 200 g/mol. The Bertz CT molecular complexity index is 378. The maximum absolute atomic E-state index is 5.31. The molecule has 0 atom stereocenters. The Morgan fingerprint density at radius 3 is 2.73 bits per heavy atom. The average Bonchev–Trinajstić information content (AvgIpc) is 2.29. The number of nitrogens with zero attached hydrogens (tertiary/aromatic N) is 2. The molecule has 0 radical (unpaired) electrons. The van der Waals surface area contributed by atoms with Gasteiger partial charge in [0.15, 0.2) is 0 Å². The molecule has 15 heavy (non-hydrogen) atoms. The second-order valence-electron chi connectivity index (χ2n) is 3.85. The minimum atomic E-state index is 0.818. The highest BCUT2D eigenvalue weighted by Crippen LogP contribution is 2.31. The molecule has 0 aromatic heterocycles. The van der Waals surface area contributed by atoms with Crippen molar-refractivity contribution < 1.29 is 0 Å². The standard InChI is InChI=1S/C13H16N2/c1-3-4-9-15-11-10-14(2)12-7-5-6-8-13(12)15/h1,5-8H,4,9-11H2,2H3. The number of fused-ring (bicyclic) bond motifs is 1. The van der Waals surface area contributed by atoms with Crippen molar-refractivity contribution in [3.05, 3.63) is 24.3 Å². The zero-order valence-electron chi connectivity index (χ0n) is 9.11. The first-order valence-electron chi connectivity index (χ1n) is 5.31. The van der Waals surface area contributed by atoms with E-state index in [1.807, 2.05) is 0 Å². The van der Waals surface area contributed by atoms with Crippen molar-refractivity contribution in [1.29, 1.82) is 0 Å². The van der Waals surface area contributed by atoms with Crippen molar-refractivity contribution in [2.75, 3.05) is 36.5 Å². The van der Waals surface area contributed by atoms with Crippen molar-refractivity contribution in [3.8, 4) is 12.3 Å². The summed E-state index contributed by atoms with van der Waals surface area (Å²) in [6.45, 7) is 3.10. The molecule has 78 valence electrons. The number of likely N-dealkylation sites (N-methyl/N-ethyl adjacent to an activating group) is 1. The van der Waals surface area contributed by atoms with Crippen LogP contribution in [0.25, 0.3) is 0 Å². The first-order valence-corrected chi connectivity index (χ1v) is 5.31. The summed E-state index contributed by atoms with van der Waals surface area (Å²) in [5, 5.41) is 0. The molecule has 0 unspecified atom stereocenters. The lowest BCUT2D eigenvalue weighted by Gasteiger charge is -2.36. The first-order chi connectivity index (χ1) is 7.33. The monoisotopic (exact) mass is 200 g/mol. The lowest BCUT2D eigenvalue weighted by Crippen LogP contribution is -2.39. The van der Waals surface area contributed by atoms with Gasteiger partial charge in [0.2, 0.25) is 0 Å². The Morgan fingerprint density at radius 1 is 1.27 bits per heavy atom. The largest absolute Gasteiger partial charge is 0.371 e. The van der Waals surface area contributed by atoms with Crippen LogP contribution in [0.5, 0.6) is 0 Å². The molecule has 0 aliphatic carbocycles. The van der Waals surface area contributed by atoms with E-state index in [1.54, 1.807) is 0 Å². The van der Waals surface area contributed by atoms with E-state index in [2.05, 4.69) is 47.0 Å². The number of rotatable bonds is 2. The van der Waals surface area contributed by atoms with Gasteiger partial charge in [-0.1, -0.05) is 12.1 Å². The number of terminal acetylenes is 1. The van der Waals surface area contributed by atoms with Crippen LogP contribution in [0.1, 0.15) is 6.42 Å². The van der Waals surface area contributed by atoms with Gasteiger partial charge in [0.1, 0.15) is 0 Å². The summed E-state index contributed by atoms with van der Waals surface area (Å²) in [5.41, 5.74) is 2.61. The van der Waals surface area contributed by atoms with Crippen molar-refractivity contribution in [2.24, 2.45) is 0 Å². The number of benzene rings is 1. The Hall–Kier alpha value is -1.62. The summed E-state index contributed by atoms with van der Waals surface area (Å²) in [6.07, 6.45) is 6.12. The Balaban J connectivity index is 2.25. The fraction of sp³-hybridized carbons (Fsp3) is 0.385. The second kappa shape index (κ2) is 4.27. The third-order valence-corrected chi connectivity index (χ3v) is 2.87. The number of anilines is 2. The minimum absolute atomic E-state index is 0.818. The Labute approximate surface area is 91.5 Å². The van der Waals surface area contributed by atoms with Gasteiger partial charge in [-0.15, -0.1) is 12.3 Å². The van der Waals surface area contributed by atoms with Crippen LogP contribution in [0.4, 0.5) is 11.4 Å². The normalized spacial score (nSPS) is 14.7. The fourth-order valence-corrected chi connectivity index (χ4v) is 2.00. The van der Waals surface area contributed by atoms with Crippen LogP contribution in [0, 0.1) is 12.3 Å². The maximum atomic E-state index is 5.31. The van der Waals surface area contributed by atoms with Crippen LogP contribution in [-0.2, 0) is 0 Å². The van der Waals surface area contributed by atoms with E-state index >= 15 is 0 Å². The van der Waals surface area contributed by atoms with Crippen LogP contribution in [0.3, 0.4) is 0 Å². The van der Waals surface area contributed by atoms with E-state index in [4.69, 9.17) is 6.42 Å². The molecular formula is C13H16N2. The molecule has 0 spiro atoms. The summed E-state index contributed by atoms with van der Waals surface area (Å²) in [4.78, 5) is 4.66. The smallest absolute Gasteiger partial charge is 0.0604 e. The third kappa shape index (κ3) is 1.92. The van der Waals surface area contributed by atoms with Crippen molar-refractivity contribution in [1.82, 2.24) is 0 Å². The lowest BCUT2D eigenvalue weighted by molar-refractivity contribution is 0.738. The Kier molecular flexibility index (Phi) is 2.82. The molecular weight excluding hydrogens is 184 g/mol. The van der Waals surface area contributed by atoms with E-state index in [-0.39, 0.29) is 0 Å². The van der Waals surface area contributed by atoms with Crippen LogP contribution in [0.15, 0.2) is 24.3 Å². The van der Waals surface area contributed by atoms with Gasteiger partial charge in [0.05, 0.1) is 11.4 Å². The molecule has 1 heterocycles. The maximum Gasteiger partial charge on any atom is 0.0604 e. The van der Waals surface area contributed by atoms with Gasteiger partial charge in [-0.3, -0.25) is 0 Å². The summed E-state index contributed by atoms with van der Waals surface area (Å²) in [6, 6.07) is 8.50. The fourth-order valence-electron chi connectivity index (χ4n) is 2.00. The van der Waals surface area contributed by atoms with Crippen molar-refractivity contribution >= 4 is 11.4 Å². The van der Waals surface area contributed by atoms with Gasteiger partial charge < -0.3 is 9.80 Å². The summed E-state index contributed by atoms with van der Waals surface area (Å²) in [7, 11) is 2.14. The molecule has 0 N–H and O–H groups in total. The molecule has 0 amide bonds. The van der Waals surface area contributed by atoms with Crippen LogP contribution >= 0.6 is 0 Å². The van der Waals surface area contributed by atoms with E-state index in [1.165, 1.54) is 11.4 Å². The lowest BCUT2D eigenvalue weighted by atomic mass is 10.1. The molecule has 1 aliphatic rings. The molecule has 1 aromatic rings. The topological polar surface area (TPSA) is 6.48 Å². The number of hydrogen-bond donors (Lipinski definition) is 0. The second-order valence-corrected chi connectivity index (χ2v) is 3.85. The summed E-state index contributed by atoms with van der Waals surface area (Å²) < 4.78 is 0. The number of para-hydroxylation sites is 2. The predicted molar refractivity (Wildman–Crippen MR) is 65.4 cm³/mol. The van der Waals surface area contributed by atoms with E-state index < -0.39 is 0 Å². The quantitative estimate of drug-likeness (QED) is 0.673. The Morgan fingerprint density at radius 2 is 2.00 bits per heavy atom. The van der Waals surface area contributed by atoms with E-state index in [0.717, 1.165) is 26.1 Å². The van der Waals surface area contributed by atoms with Gasteiger partial charge in [-0.05, 0) is 12.1 Å². The van der Waals surface area contributed by atoms with Gasteiger partial charge in [-0.2, -0.15) is 0 Å². The third-order valence-electron chi connectivity index (χ3n) is 2.87. The van der Waals surface area contributed by atoms with Crippen LogP contribution in [0.2, 0.25) is 0 Å². The van der Waals surface area contributed by atoms with Gasteiger partial charge in [0, 0.05) is 33.1 Å². The van der Waals surface area contributed by atoms with Gasteiger partial charge in [0.25, 0.3) is 0 Å². The van der Waals surface area contributed by atoms with Crippen molar-refractivity contribution in [3.63, 3.8) is 0 Å². The molecule has 0 bridgehead atoms. The van der Waals surface area contributed by atoms with E-state index in [9.17, 15) is 0 Å².